The number of hydrogen-bond donors (Lipinski definition) is 3. The molecule has 0 aliphatic carbocycles. The van der Waals surface area contributed by atoms with Gasteiger partial charge in [0.25, 0.3) is 0 Å². The lowest BCUT2D eigenvalue weighted by molar-refractivity contribution is -0.134. The number of aliphatic hydroxyl groups is 2. The van der Waals surface area contributed by atoms with Gasteiger partial charge in [0.2, 0.25) is 5.91 Å². The molecule has 1 amide bonds. The molecule has 0 spiro atoms. The zero-order valence-electron chi connectivity index (χ0n) is 8.26. The molecule has 1 rings (SSSR count). The second-order valence-corrected chi connectivity index (χ2v) is 4.53. The molecule has 1 aliphatic rings. The van der Waals surface area contributed by atoms with Gasteiger partial charge in [-0.05, 0) is 13.3 Å². The normalized spacial score (nSPS) is 30.1. The van der Waals surface area contributed by atoms with Gasteiger partial charge < -0.3 is 15.1 Å². The largest absolute Gasteiger partial charge is 0.396 e. The quantitative estimate of drug-likeness (QED) is 0.549. The lowest BCUT2D eigenvalue weighted by Crippen LogP contribution is -2.49. The minimum atomic E-state index is -0.487. The third-order valence-electron chi connectivity index (χ3n) is 2.60. The highest BCUT2D eigenvalue weighted by molar-refractivity contribution is 7.81. The molecule has 82 valence electrons. The smallest absolute Gasteiger partial charge is 0.235 e. The van der Waals surface area contributed by atoms with Crippen LogP contribution in [-0.2, 0) is 4.79 Å². The molecule has 4 nitrogen and oxygen atoms in total. The van der Waals surface area contributed by atoms with E-state index >= 15 is 0 Å². The summed E-state index contributed by atoms with van der Waals surface area (Å²) in [6.45, 7) is 2.64. The minimum Gasteiger partial charge on any atom is -0.396 e. The van der Waals surface area contributed by atoms with Crippen LogP contribution in [0.1, 0.15) is 13.3 Å². The molecular formula is C9H17NO3S. The Morgan fingerprint density at radius 3 is 2.86 bits per heavy atom. The maximum atomic E-state index is 11.6. The Balaban J connectivity index is 2.54. The van der Waals surface area contributed by atoms with Gasteiger partial charge in [-0.3, -0.25) is 4.79 Å². The van der Waals surface area contributed by atoms with E-state index in [0.29, 0.717) is 19.5 Å². The van der Waals surface area contributed by atoms with Gasteiger partial charge in [0, 0.05) is 19.0 Å². The fourth-order valence-electron chi connectivity index (χ4n) is 1.66. The van der Waals surface area contributed by atoms with Crippen molar-refractivity contribution in [2.24, 2.45) is 5.92 Å². The molecular weight excluding hydrogens is 202 g/mol. The number of nitrogens with zero attached hydrogens (tertiary/aromatic N) is 1. The van der Waals surface area contributed by atoms with Crippen LogP contribution in [0.2, 0.25) is 0 Å². The maximum Gasteiger partial charge on any atom is 0.235 e. The Hall–Kier alpha value is -0.260. The number of aliphatic hydroxyl groups excluding tert-OH is 2. The van der Waals surface area contributed by atoms with E-state index in [4.69, 9.17) is 5.11 Å². The summed E-state index contributed by atoms with van der Waals surface area (Å²) >= 11 is 4.07. The molecule has 1 fully saturated rings. The van der Waals surface area contributed by atoms with E-state index in [-0.39, 0.29) is 23.7 Å². The van der Waals surface area contributed by atoms with E-state index < -0.39 is 6.10 Å². The van der Waals surface area contributed by atoms with E-state index in [1.807, 2.05) is 0 Å². The summed E-state index contributed by atoms with van der Waals surface area (Å²) in [4.78, 5) is 13.2. The van der Waals surface area contributed by atoms with Crippen LogP contribution in [0, 0.1) is 5.92 Å². The van der Waals surface area contributed by atoms with Gasteiger partial charge in [-0.15, -0.1) is 0 Å². The van der Waals surface area contributed by atoms with Crippen molar-refractivity contribution < 1.29 is 15.0 Å². The van der Waals surface area contributed by atoms with E-state index in [9.17, 15) is 9.90 Å². The Morgan fingerprint density at radius 2 is 2.36 bits per heavy atom. The fraction of sp³-hybridized carbons (Fsp3) is 0.889. The van der Waals surface area contributed by atoms with Gasteiger partial charge in [0.1, 0.15) is 0 Å². The third kappa shape index (κ3) is 2.62. The molecule has 0 radical (unpaired) electrons. The van der Waals surface area contributed by atoms with Gasteiger partial charge in [-0.25, -0.2) is 0 Å². The molecule has 5 heteroatoms. The monoisotopic (exact) mass is 219 g/mol. The van der Waals surface area contributed by atoms with E-state index in [2.05, 4.69) is 12.6 Å². The molecule has 1 aliphatic heterocycles. The molecule has 0 aromatic heterocycles. The van der Waals surface area contributed by atoms with Crippen LogP contribution in [0.3, 0.4) is 0 Å². The zero-order chi connectivity index (χ0) is 10.7. The molecule has 0 aromatic rings. The van der Waals surface area contributed by atoms with Crippen LogP contribution >= 0.6 is 12.6 Å². The topological polar surface area (TPSA) is 60.8 Å². The molecule has 1 heterocycles. The van der Waals surface area contributed by atoms with Crippen LogP contribution in [0.4, 0.5) is 0 Å². The van der Waals surface area contributed by atoms with E-state index in [1.54, 1.807) is 11.8 Å². The predicted octanol–water partition coefficient (Wildman–Crippen LogP) is -0.494. The summed E-state index contributed by atoms with van der Waals surface area (Å²) in [5.41, 5.74) is 0. The number of amides is 1. The van der Waals surface area contributed by atoms with Crippen molar-refractivity contribution >= 4 is 18.5 Å². The number of rotatable bonds is 2. The lowest BCUT2D eigenvalue weighted by Gasteiger charge is -2.36. The molecule has 14 heavy (non-hydrogen) atoms. The van der Waals surface area contributed by atoms with Crippen molar-refractivity contribution in [3.8, 4) is 0 Å². The van der Waals surface area contributed by atoms with Crippen molar-refractivity contribution in [3.05, 3.63) is 0 Å². The summed E-state index contributed by atoms with van der Waals surface area (Å²) in [6.07, 6.45) is 0.0524. The highest BCUT2D eigenvalue weighted by atomic mass is 32.1. The van der Waals surface area contributed by atoms with Gasteiger partial charge in [-0.1, -0.05) is 0 Å². The Kier molecular flexibility index (Phi) is 4.22. The first-order valence-corrected chi connectivity index (χ1v) is 5.33. The summed E-state index contributed by atoms with van der Waals surface area (Å²) in [7, 11) is 0. The summed E-state index contributed by atoms with van der Waals surface area (Å²) < 4.78 is 0. The second kappa shape index (κ2) is 5.00. The van der Waals surface area contributed by atoms with Gasteiger partial charge in [-0.2, -0.15) is 12.6 Å². The number of hydrogen-bond acceptors (Lipinski definition) is 4. The first kappa shape index (κ1) is 11.8. The maximum absolute atomic E-state index is 11.6. The van der Waals surface area contributed by atoms with Crippen LogP contribution < -0.4 is 0 Å². The SMILES string of the molecule is CC(S)C(=O)N1CCC(O)C(CO)C1. The summed E-state index contributed by atoms with van der Waals surface area (Å²) in [5.74, 6) is -0.238. The number of thiol groups is 1. The molecule has 3 atom stereocenters. The van der Waals surface area contributed by atoms with Crippen LogP contribution in [0.15, 0.2) is 0 Å². The zero-order valence-corrected chi connectivity index (χ0v) is 9.15. The van der Waals surface area contributed by atoms with Crippen LogP contribution in [0.5, 0.6) is 0 Å². The average molecular weight is 219 g/mol. The third-order valence-corrected chi connectivity index (χ3v) is 2.82. The Labute approximate surface area is 89.3 Å². The minimum absolute atomic E-state index is 0.0290. The summed E-state index contributed by atoms with van der Waals surface area (Å²) in [5, 5.41) is 18.2. The number of carbonyl (C=O) groups excluding carboxylic acids is 1. The van der Waals surface area contributed by atoms with E-state index in [0.717, 1.165) is 0 Å². The van der Waals surface area contributed by atoms with Crippen molar-refractivity contribution in [1.82, 2.24) is 4.90 Å². The van der Waals surface area contributed by atoms with Crippen molar-refractivity contribution in [3.63, 3.8) is 0 Å². The highest BCUT2D eigenvalue weighted by Crippen LogP contribution is 2.18. The molecule has 1 saturated heterocycles. The van der Waals surface area contributed by atoms with Crippen molar-refractivity contribution in [2.45, 2.75) is 24.7 Å². The summed E-state index contributed by atoms with van der Waals surface area (Å²) in [6, 6.07) is 0. The van der Waals surface area contributed by atoms with Crippen molar-refractivity contribution in [1.29, 1.82) is 0 Å². The predicted molar refractivity (Wildman–Crippen MR) is 56.2 cm³/mol. The standard InChI is InChI=1S/C9H17NO3S/c1-6(14)9(13)10-3-2-8(12)7(4-10)5-11/h6-8,11-12,14H,2-5H2,1H3. The Bertz CT molecular complexity index is 210. The highest BCUT2D eigenvalue weighted by Gasteiger charge is 2.30. The lowest BCUT2D eigenvalue weighted by atomic mass is 9.95. The van der Waals surface area contributed by atoms with Crippen LogP contribution in [0.25, 0.3) is 0 Å². The molecule has 2 N–H and O–H groups in total. The van der Waals surface area contributed by atoms with E-state index in [1.165, 1.54) is 0 Å². The second-order valence-electron chi connectivity index (χ2n) is 3.76. The number of likely N-dealkylation sites (tertiary alicyclic amines) is 1. The Morgan fingerprint density at radius 1 is 1.71 bits per heavy atom. The van der Waals surface area contributed by atoms with Gasteiger partial charge in [0.15, 0.2) is 0 Å². The first-order valence-electron chi connectivity index (χ1n) is 4.82. The first-order chi connectivity index (χ1) is 6.56. The number of piperidine rings is 1. The number of carbonyl (C=O) groups is 1. The molecule has 0 saturated carbocycles. The fourth-order valence-corrected chi connectivity index (χ4v) is 1.83. The van der Waals surface area contributed by atoms with Crippen LogP contribution in [-0.4, -0.2) is 52.1 Å². The molecule has 0 bridgehead atoms. The van der Waals surface area contributed by atoms with Gasteiger partial charge >= 0.3 is 0 Å². The average Bonchev–Trinajstić information content (AvgIpc) is 2.17. The molecule has 3 unspecified atom stereocenters. The van der Waals surface area contributed by atoms with Gasteiger partial charge in [0.05, 0.1) is 18.0 Å². The molecule has 0 aromatic carbocycles. The van der Waals surface area contributed by atoms with Crippen molar-refractivity contribution in [2.75, 3.05) is 19.7 Å².